The van der Waals surface area contributed by atoms with Crippen molar-refractivity contribution in [3.63, 3.8) is 0 Å². The Morgan fingerprint density at radius 1 is 0.533 bits per heavy atom. The third-order valence-corrected chi connectivity index (χ3v) is 10.6. The Bertz CT molecular complexity index is 1570. The summed E-state index contributed by atoms with van der Waals surface area (Å²) in [5, 5.41) is 14.3. The molecule has 1 N–H and O–H groups in total. The van der Waals surface area contributed by atoms with Crippen molar-refractivity contribution in [3.05, 3.63) is 118 Å². The van der Waals surface area contributed by atoms with Crippen LogP contribution in [0.4, 0.5) is 0 Å². The van der Waals surface area contributed by atoms with Crippen LogP contribution in [0, 0.1) is 0 Å². The largest absolute Gasteiger partial charge is 0.507 e. The van der Waals surface area contributed by atoms with Crippen molar-refractivity contribution in [1.82, 2.24) is 0 Å². The number of phenolic OH excluding ortho intramolecular Hbond substituents is 1. The molecule has 45 heavy (non-hydrogen) atoms. The minimum Gasteiger partial charge on any atom is -0.507 e. The molecular formula is C42H55O2P. The van der Waals surface area contributed by atoms with Gasteiger partial charge in [0.1, 0.15) is 11.5 Å². The first-order valence-electron chi connectivity index (χ1n) is 16.3. The lowest BCUT2D eigenvalue weighted by atomic mass is 9.74. The molecule has 0 fully saturated rings. The molecule has 3 heteroatoms. The first-order chi connectivity index (χ1) is 20.7. The number of hydrogen-bond acceptors (Lipinski definition) is 2. The van der Waals surface area contributed by atoms with Gasteiger partial charge in [0, 0.05) is 33.2 Å². The Hall–Kier alpha value is -3.09. The third-order valence-electron chi connectivity index (χ3n) is 8.70. The molecule has 0 spiro atoms. The van der Waals surface area contributed by atoms with Crippen molar-refractivity contribution in [1.29, 1.82) is 0 Å². The van der Waals surface area contributed by atoms with E-state index in [2.05, 4.69) is 175 Å². The molecule has 0 aromatic heterocycles. The average Bonchev–Trinajstić information content (AvgIpc) is 2.94. The summed E-state index contributed by atoms with van der Waals surface area (Å²) in [4.78, 5) is 0. The fraction of sp³-hybridized carbons (Fsp3) is 0.429. The van der Waals surface area contributed by atoms with Crippen LogP contribution in [0.25, 0.3) is 0 Å². The number of aromatic hydroxyl groups is 1. The van der Waals surface area contributed by atoms with Gasteiger partial charge in [-0.15, -0.1) is 0 Å². The van der Waals surface area contributed by atoms with Gasteiger partial charge >= 0.3 is 0 Å². The van der Waals surface area contributed by atoms with Gasteiger partial charge in [0.25, 0.3) is 0 Å². The Kier molecular flexibility index (Phi) is 9.74. The molecule has 0 amide bonds. The number of phenols is 1. The summed E-state index contributed by atoms with van der Waals surface area (Å²) < 4.78 is 7.40. The molecule has 240 valence electrons. The van der Waals surface area contributed by atoms with Gasteiger partial charge in [0.05, 0.1) is 0 Å². The van der Waals surface area contributed by atoms with E-state index in [0.29, 0.717) is 5.75 Å². The van der Waals surface area contributed by atoms with E-state index >= 15 is 0 Å². The highest BCUT2D eigenvalue weighted by atomic mass is 31.1. The molecule has 2 nitrogen and oxygen atoms in total. The van der Waals surface area contributed by atoms with Gasteiger partial charge in [0.2, 0.25) is 0 Å². The van der Waals surface area contributed by atoms with Crippen molar-refractivity contribution >= 4 is 18.8 Å². The molecule has 0 radical (unpaired) electrons. The average molecular weight is 623 g/mol. The summed E-state index contributed by atoms with van der Waals surface area (Å²) in [5.74, 6) is 1.20. The molecule has 4 aromatic rings. The van der Waals surface area contributed by atoms with Gasteiger partial charge in [0.15, 0.2) is 8.15 Å². The van der Waals surface area contributed by atoms with E-state index in [0.717, 1.165) is 22.4 Å². The van der Waals surface area contributed by atoms with Crippen LogP contribution in [-0.4, -0.2) is 5.11 Å². The molecule has 0 aliphatic heterocycles. The van der Waals surface area contributed by atoms with Crippen LogP contribution in [0.3, 0.4) is 0 Å². The maximum absolute atomic E-state index is 12.0. The Labute approximate surface area is 275 Å². The van der Waals surface area contributed by atoms with Crippen molar-refractivity contribution in [3.8, 4) is 11.5 Å². The molecule has 0 aliphatic rings. The molecular weight excluding hydrogens is 567 g/mol. The van der Waals surface area contributed by atoms with Crippen molar-refractivity contribution in [2.75, 3.05) is 0 Å². The van der Waals surface area contributed by atoms with Gasteiger partial charge in [-0.3, -0.25) is 0 Å². The van der Waals surface area contributed by atoms with Crippen LogP contribution in [-0.2, 0) is 21.7 Å². The molecule has 0 aliphatic carbocycles. The SMILES string of the molecule is CC(c1cc(C(C)(C)C)cc(C(C)(C)C)c1O)c1cc(C(C)(C)C)cc(C(C)(C)C)c1OP(c1ccccc1)c1ccccc1. The molecule has 0 saturated heterocycles. The zero-order chi connectivity index (χ0) is 33.5. The second-order valence-electron chi connectivity index (χ2n) is 16.7. The quantitative estimate of drug-likeness (QED) is 0.217. The fourth-order valence-corrected chi connectivity index (χ4v) is 7.48. The minimum atomic E-state index is -1.16. The van der Waals surface area contributed by atoms with Crippen LogP contribution in [0.2, 0.25) is 0 Å². The standard InChI is InChI=1S/C42H55O2P/c1-28(33-24-29(39(2,3)4)26-35(37(33)43)41(8,9)10)34-25-30(40(5,6)7)27-36(42(11,12)13)38(34)44-45(31-20-16-14-17-21-31)32-22-18-15-19-23-32/h14-28,43H,1-13H3. The van der Waals surface area contributed by atoms with Gasteiger partial charge in [-0.05, 0) is 38.4 Å². The molecule has 1 unspecified atom stereocenters. The molecule has 4 aromatic carbocycles. The van der Waals surface area contributed by atoms with Crippen LogP contribution < -0.4 is 15.1 Å². The molecule has 4 rings (SSSR count). The van der Waals surface area contributed by atoms with Crippen LogP contribution >= 0.6 is 8.15 Å². The van der Waals surface area contributed by atoms with E-state index in [1.165, 1.54) is 27.3 Å². The predicted molar refractivity (Wildman–Crippen MR) is 197 cm³/mol. The maximum Gasteiger partial charge on any atom is 0.150 e. The zero-order valence-corrected chi connectivity index (χ0v) is 30.9. The van der Waals surface area contributed by atoms with E-state index < -0.39 is 8.15 Å². The van der Waals surface area contributed by atoms with E-state index in [-0.39, 0.29) is 27.6 Å². The number of benzene rings is 4. The van der Waals surface area contributed by atoms with Gasteiger partial charge < -0.3 is 9.63 Å². The second kappa shape index (κ2) is 12.6. The smallest absolute Gasteiger partial charge is 0.150 e. The summed E-state index contributed by atoms with van der Waals surface area (Å²) in [6.07, 6.45) is 0. The van der Waals surface area contributed by atoms with E-state index in [1.54, 1.807) is 0 Å². The first-order valence-corrected chi connectivity index (χ1v) is 17.6. The second-order valence-corrected chi connectivity index (χ2v) is 18.5. The summed E-state index contributed by atoms with van der Waals surface area (Å²) in [6, 6.07) is 30.4. The molecule has 0 saturated carbocycles. The molecule has 0 bridgehead atoms. The predicted octanol–water partition coefficient (Wildman–Crippen LogP) is 11.2. The third kappa shape index (κ3) is 7.84. The maximum atomic E-state index is 12.0. The summed E-state index contributed by atoms with van der Waals surface area (Å²) in [7, 11) is -1.16. The first kappa shape index (κ1) is 34.8. The Morgan fingerprint density at radius 2 is 0.933 bits per heavy atom. The Morgan fingerprint density at radius 3 is 1.33 bits per heavy atom. The van der Waals surface area contributed by atoms with Crippen LogP contribution in [0.1, 0.15) is 129 Å². The van der Waals surface area contributed by atoms with E-state index in [1.807, 2.05) is 0 Å². The lowest BCUT2D eigenvalue weighted by Crippen LogP contribution is -2.22. The van der Waals surface area contributed by atoms with Gasteiger partial charge in [-0.25, -0.2) is 0 Å². The lowest BCUT2D eigenvalue weighted by Gasteiger charge is -2.34. The summed E-state index contributed by atoms with van der Waals surface area (Å²) >= 11 is 0. The van der Waals surface area contributed by atoms with Crippen molar-refractivity contribution in [2.45, 2.75) is 118 Å². The number of hydrogen-bond donors (Lipinski definition) is 1. The Balaban J connectivity index is 2.08. The normalized spacial score (nSPS) is 13.6. The van der Waals surface area contributed by atoms with E-state index in [4.69, 9.17) is 4.52 Å². The fourth-order valence-electron chi connectivity index (χ4n) is 5.70. The van der Waals surface area contributed by atoms with Crippen LogP contribution in [0.15, 0.2) is 84.9 Å². The topological polar surface area (TPSA) is 29.5 Å². The van der Waals surface area contributed by atoms with Crippen molar-refractivity contribution < 1.29 is 9.63 Å². The highest BCUT2D eigenvalue weighted by molar-refractivity contribution is 7.68. The van der Waals surface area contributed by atoms with Crippen molar-refractivity contribution in [2.24, 2.45) is 0 Å². The van der Waals surface area contributed by atoms with Crippen LogP contribution in [0.5, 0.6) is 11.5 Å². The highest BCUT2D eigenvalue weighted by Crippen LogP contribution is 2.50. The monoisotopic (exact) mass is 622 g/mol. The number of rotatable bonds is 6. The van der Waals surface area contributed by atoms with Gasteiger partial charge in [-0.2, -0.15) is 0 Å². The highest BCUT2D eigenvalue weighted by Gasteiger charge is 2.33. The molecule has 1 atom stereocenters. The summed E-state index contributed by atoms with van der Waals surface area (Å²) in [6.45, 7) is 29.2. The lowest BCUT2D eigenvalue weighted by molar-refractivity contribution is 0.435. The van der Waals surface area contributed by atoms with Gasteiger partial charge in [-0.1, -0.05) is 175 Å². The summed E-state index contributed by atoms with van der Waals surface area (Å²) in [5.41, 5.74) is 6.23. The minimum absolute atomic E-state index is 0.0670. The zero-order valence-electron chi connectivity index (χ0n) is 30.0. The molecule has 0 heterocycles. The van der Waals surface area contributed by atoms with E-state index in [9.17, 15) is 5.11 Å².